The van der Waals surface area contributed by atoms with Crippen molar-refractivity contribution in [3.05, 3.63) is 12.3 Å². The van der Waals surface area contributed by atoms with Gasteiger partial charge in [0, 0.05) is 18.2 Å². The van der Waals surface area contributed by atoms with E-state index in [4.69, 9.17) is 0 Å². The highest BCUT2D eigenvalue weighted by atomic mass is 16.2. The van der Waals surface area contributed by atoms with Crippen molar-refractivity contribution in [3.8, 4) is 0 Å². The van der Waals surface area contributed by atoms with Crippen molar-refractivity contribution in [3.63, 3.8) is 0 Å². The smallest absolute Gasteiger partial charge is 0.312 e. The highest BCUT2D eigenvalue weighted by Gasteiger charge is 2.45. The Balaban J connectivity index is 1.93. The normalized spacial score (nSPS) is 20.4. The number of hydrogen-bond acceptors (Lipinski definition) is 3. The number of imide groups is 1. The lowest BCUT2D eigenvalue weighted by molar-refractivity contribution is -0.116. The molecule has 6 nitrogen and oxygen atoms in total. The minimum atomic E-state index is -0.204. The van der Waals surface area contributed by atoms with Crippen molar-refractivity contribution in [1.82, 2.24) is 14.7 Å². The fourth-order valence-electron chi connectivity index (χ4n) is 2.30. The Kier molecular flexibility index (Phi) is 2.39. The summed E-state index contributed by atoms with van der Waals surface area (Å²) in [6.07, 6.45) is 3.64. The van der Waals surface area contributed by atoms with Crippen LogP contribution in [0.5, 0.6) is 0 Å². The molecule has 1 aromatic rings. The third kappa shape index (κ3) is 1.60. The van der Waals surface area contributed by atoms with Gasteiger partial charge in [-0.15, -0.1) is 0 Å². The lowest BCUT2D eigenvalue weighted by atomic mass is 10.4. The molecule has 0 unspecified atom stereocenters. The summed E-state index contributed by atoms with van der Waals surface area (Å²) in [6.45, 7) is 4.15. The van der Waals surface area contributed by atoms with Crippen LogP contribution in [0.1, 0.15) is 32.7 Å². The molecule has 2 fully saturated rings. The summed E-state index contributed by atoms with van der Waals surface area (Å²) < 4.78 is 1.70. The van der Waals surface area contributed by atoms with E-state index in [9.17, 15) is 9.59 Å². The molecule has 1 aliphatic heterocycles. The van der Waals surface area contributed by atoms with E-state index in [0.717, 1.165) is 12.8 Å². The Morgan fingerprint density at radius 3 is 2.67 bits per heavy atom. The van der Waals surface area contributed by atoms with Crippen molar-refractivity contribution in [2.75, 3.05) is 11.4 Å². The predicted octanol–water partition coefficient (Wildman–Crippen LogP) is 1.40. The minimum Gasteiger partial charge on any atom is -0.312 e. The summed E-state index contributed by atoms with van der Waals surface area (Å²) in [5.41, 5.74) is 0. The quantitative estimate of drug-likeness (QED) is 0.760. The van der Waals surface area contributed by atoms with Crippen LogP contribution in [0.2, 0.25) is 0 Å². The fourth-order valence-corrected chi connectivity index (χ4v) is 2.30. The van der Waals surface area contributed by atoms with Crippen molar-refractivity contribution >= 4 is 17.8 Å². The van der Waals surface area contributed by atoms with Crippen molar-refractivity contribution in [2.45, 2.75) is 38.8 Å². The standard InChI is InChI=1S/C12H16N4O2/c1-8(2)16-10(5-6-13-16)15-11(17)7-14(12(15)18)9-3-4-9/h5-6,8-9H,3-4,7H2,1-2H3. The molecule has 18 heavy (non-hydrogen) atoms. The average Bonchev–Trinajstić information content (AvgIpc) is 2.96. The Bertz CT molecular complexity index is 504. The van der Waals surface area contributed by atoms with Crippen LogP contribution in [0, 0.1) is 0 Å². The summed E-state index contributed by atoms with van der Waals surface area (Å²) in [7, 11) is 0. The maximum atomic E-state index is 12.3. The number of anilines is 1. The van der Waals surface area contributed by atoms with Crippen LogP contribution in [0.15, 0.2) is 12.3 Å². The zero-order valence-corrected chi connectivity index (χ0v) is 10.5. The summed E-state index contributed by atoms with van der Waals surface area (Å²) in [5.74, 6) is 0.414. The molecule has 0 spiro atoms. The molecule has 1 saturated carbocycles. The number of carbonyl (C=O) groups excluding carboxylic acids is 2. The van der Waals surface area contributed by atoms with Gasteiger partial charge >= 0.3 is 6.03 Å². The predicted molar refractivity (Wildman–Crippen MR) is 65.2 cm³/mol. The molecule has 1 aliphatic carbocycles. The Labute approximate surface area is 105 Å². The van der Waals surface area contributed by atoms with E-state index in [1.807, 2.05) is 13.8 Å². The van der Waals surface area contributed by atoms with Crippen LogP contribution < -0.4 is 4.90 Å². The maximum absolute atomic E-state index is 12.3. The van der Waals surface area contributed by atoms with Crippen LogP contribution in [0.4, 0.5) is 10.6 Å². The lowest BCUT2D eigenvalue weighted by Crippen LogP contribution is -2.35. The fraction of sp³-hybridized carbons (Fsp3) is 0.583. The topological polar surface area (TPSA) is 58.4 Å². The molecule has 0 aromatic carbocycles. The van der Waals surface area contributed by atoms with Crippen molar-refractivity contribution < 1.29 is 9.59 Å². The molecule has 96 valence electrons. The van der Waals surface area contributed by atoms with Gasteiger partial charge in [0.25, 0.3) is 5.91 Å². The molecule has 0 atom stereocenters. The second-order valence-corrected chi connectivity index (χ2v) is 5.10. The van der Waals surface area contributed by atoms with E-state index < -0.39 is 0 Å². The van der Waals surface area contributed by atoms with Gasteiger partial charge in [-0.3, -0.25) is 4.79 Å². The molecular formula is C12H16N4O2. The highest BCUT2D eigenvalue weighted by Crippen LogP contribution is 2.32. The SMILES string of the molecule is CC(C)n1nccc1N1C(=O)CN(C2CC2)C1=O. The van der Waals surface area contributed by atoms with E-state index in [-0.39, 0.29) is 30.6 Å². The Morgan fingerprint density at radius 1 is 1.33 bits per heavy atom. The van der Waals surface area contributed by atoms with Crippen molar-refractivity contribution in [2.24, 2.45) is 0 Å². The average molecular weight is 248 g/mol. The maximum Gasteiger partial charge on any atom is 0.333 e. The first-order valence-corrected chi connectivity index (χ1v) is 6.26. The van der Waals surface area contributed by atoms with E-state index in [1.165, 1.54) is 4.90 Å². The molecule has 3 rings (SSSR count). The number of nitrogens with zero attached hydrogens (tertiary/aromatic N) is 4. The first kappa shape index (κ1) is 11.3. The van der Waals surface area contributed by atoms with E-state index in [2.05, 4.69) is 5.10 Å². The van der Waals surface area contributed by atoms with Gasteiger partial charge in [0.1, 0.15) is 12.4 Å². The molecule has 2 heterocycles. The number of hydrogen-bond donors (Lipinski definition) is 0. The molecule has 0 radical (unpaired) electrons. The van der Waals surface area contributed by atoms with Crippen LogP contribution >= 0.6 is 0 Å². The Hall–Kier alpha value is -1.85. The van der Waals surface area contributed by atoms with Gasteiger partial charge in [0.05, 0.1) is 6.20 Å². The third-order valence-corrected chi connectivity index (χ3v) is 3.35. The highest BCUT2D eigenvalue weighted by molar-refractivity contribution is 6.19. The summed E-state index contributed by atoms with van der Waals surface area (Å²) in [4.78, 5) is 27.2. The lowest BCUT2D eigenvalue weighted by Gasteiger charge is -2.18. The first-order valence-electron chi connectivity index (χ1n) is 6.26. The molecule has 2 aliphatic rings. The van der Waals surface area contributed by atoms with Crippen molar-refractivity contribution in [1.29, 1.82) is 0 Å². The molecule has 1 saturated heterocycles. The van der Waals surface area contributed by atoms with Gasteiger partial charge < -0.3 is 4.90 Å². The van der Waals surface area contributed by atoms with E-state index in [1.54, 1.807) is 21.8 Å². The number of amides is 3. The number of urea groups is 1. The van der Waals surface area contributed by atoms with Crippen LogP contribution in [-0.4, -0.2) is 39.2 Å². The summed E-state index contributed by atoms with van der Waals surface area (Å²) >= 11 is 0. The second kappa shape index (κ2) is 3.83. The molecule has 0 N–H and O–H groups in total. The largest absolute Gasteiger partial charge is 0.333 e. The van der Waals surface area contributed by atoms with Gasteiger partial charge in [-0.05, 0) is 26.7 Å². The summed E-state index contributed by atoms with van der Waals surface area (Å²) in [5, 5.41) is 4.17. The van der Waals surface area contributed by atoms with Crippen LogP contribution in [0.3, 0.4) is 0 Å². The zero-order chi connectivity index (χ0) is 12.9. The molecule has 0 bridgehead atoms. The first-order chi connectivity index (χ1) is 8.59. The molecule has 3 amide bonds. The molecular weight excluding hydrogens is 232 g/mol. The minimum absolute atomic E-state index is 0.116. The third-order valence-electron chi connectivity index (χ3n) is 3.35. The molecule has 6 heteroatoms. The van der Waals surface area contributed by atoms with Gasteiger partial charge in [0.2, 0.25) is 0 Å². The second-order valence-electron chi connectivity index (χ2n) is 5.10. The molecule has 1 aromatic heterocycles. The van der Waals surface area contributed by atoms with Crippen LogP contribution in [0.25, 0.3) is 0 Å². The monoisotopic (exact) mass is 248 g/mol. The van der Waals surface area contributed by atoms with Gasteiger partial charge in [-0.2, -0.15) is 5.10 Å². The van der Waals surface area contributed by atoms with E-state index in [0.29, 0.717) is 5.82 Å². The van der Waals surface area contributed by atoms with Crippen LogP contribution in [-0.2, 0) is 4.79 Å². The Morgan fingerprint density at radius 2 is 2.06 bits per heavy atom. The summed E-state index contributed by atoms with van der Waals surface area (Å²) in [6, 6.07) is 1.89. The number of carbonyl (C=O) groups is 2. The van der Waals surface area contributed by atoms with Gasteiger partial charge in [-0.1, -0.05) is 0 Å². The number of rotatable bonds is 3. The van der Waals surface area contributed by atoms with E-state index >= 15 is 0 Å². The zero-order valence-electron chi connectivity index (χ0n) is 10.5. The number of aromatic nitrogens is 2. The van der Waals surface area contributed by atoms with Gasteiger partial charge in [0.15, 0.2) is 0 Å². The van der Waals surface area contributed by atoms with Gasteiger partial charge in [-0.25, -0.2) is 14.4 Å².